The van der Waals surface area contributed by atoms with Gasteiger partial charge in [-0.15, -0.1) is 0 Å². The van der Waals surface area contributed by atoms with Gasteiger partial charge in [0.1, 0.15) is 5.82 Å². The van der Waals surface area contributed by atoms with Gasteiger partial charge in [-0.1, -0.05) is 6.07 Å². The average Bonchev–Trinajstić information content (AvgIpc) is 2.74. The van der Waals surface area contributed by atoms with Gasteiger partial charge in [0.2, 0.25) is 0 Å². The molecule has 0 aromatic heterocycles. The number of rotatable bonds is 5. The van der Waals surface area contributed by atoms with Crippen molar-refractivity contribution in [3.8, 4) is 11.5 Å². The summed E-state index contributed by atoms with van der Waals surface area (Å²) in [7, 11) is 3.13. The number of urea groups is 1. The lowest BCUT2D eigenvalue weighted by Gasteiger charge is -2.39. The van der Waals surface area contributed by atoms with Crippen molar-refractivity contribution in [3.63, 3.8) is 0 Å². The van der Waals surface area contributed by atoms with Gasteiger partial charge in [-0.2, -0.15) is 0 Å². The lowest BCUT2D eigenvalue weighted by atomic mass is 9.91. The molecule has 2 aromatic carbocycles. The molecule has 32 heavy (non-hydrogen) atoms. The highest BCUT2D eigenvalue weighted by Gasteiger charge is 2.33. The summed E-state index contributed by atoms with van der Waals surface area (Å²) in [6, 6.07) is 8.61. The fourth-order valence-electron chi connectivity index (χ4n) is 3.81. The molecule has 0 unspecified atom stereocenters. The number of methoxy groups -OCH3 is 2. The number of nitrogens with one attached hydrogen (secondary N) is 2. The fraction of sp³-hybridized carbons (Fsp3) is 0.417. The molecule has 3 rings (SSSR count). The van der Waals surface area contributed by atoms with Crippen molar-refractivity contribution in [3.05, 3.63) is 58.9 Å². The number of benzene rings is 2. The molecule has 8 heteroatoms. The van der Waals surface area contributed by atoms with Gasteiger partial charge in [-0.25, -0.2) is 9.18 Å². The molecule has 1 aliphatic heterocycles. The summed E-state index contributed by atoms with van der Waals surface area (Å²) < 4.78 is 24.4. The number of carbonyl (C=O) groups is 2. The lowest BCUT2D eigenvalue weighted by Crippen LogP contribution is -2.53. The Hall–Kier alpha value is -3.29. The Morgan fingerprint density at radius 2 is 1.81 bits per heavy atom. The molecular formula is C24H30FN3O4. The van der Waals surface area contributed by atoms with Crippen LogP contribution in [0.3, 0.4) is 0 Å². The molecule has 0 saturated heterocycles. The van der Waals surface area contributed by atoms with E-state index >= 15 is 0 Å². The summed E-state index contributed by atoms with van der Waals surface area (Å²) >= 11 is 0. The minimum Gasteiger partial charge on any atom is -0.493 e. The highest BCUT2D eigenvalue weighted by molar-refractivity contribution is 5.94. The van der Waals surface area contributed by atoms with Crippen LogP contribution in [-0.2, 0) is 6.42 Å². The number of amides is 3. The normalized spacial score (nSPS) is 15.6. The second-order valence-corrected chi connectivity index (χ2v) is 8.77. The SMILES string of the molecule is COc1cc2c(cc1OC)[C@H](CNC(=O)c1cccc(F)c1)N(C(=O)NC(C)(C)C)CC2. The number of hydrogen-bond donors (Lipinski definition) is 2. The third kappa shape index (κ3) is 5.30. The van der Waals surface area contributed by atoms with E-state index in [4.69, 9.17) is 9.47 Å². The molecule has 2 N–H and O–H groups in total. The van der Waals surface area contributed by atoms with Crippen LogP contribution in [0, 0.1) is 5.82 Å². The standard InChI is InChI=1S/C24H30FN3O4/c1-24(2,3)27-23(30)28-10-9-15-12-20(31-4)21(32-5)13-18(15)19(28)14-26-22(29)16-7-6-8-17(25)11-16/h6-8,11-13,19H,9-10,14H2,1-5H3,(H,26,29)(H,27,30)/t19-/m0/s1. The van der Waals surface area contributed by atoms with E-state index in [-0.39, 0.29) is 18.1 Å². The highest BCUT2D eigenvalue weighted by atomic mass is 19.1. The van der Waals surface area contributed by atoms with Crippen LogP contribution in [-0.4, -0.2) is 49.7 Å². The molecule has 7 nitrogen and oxygen atoms in total. The van der Waals surface area contributed by atoms with Crippen molar-refractivity contribution in [2.45, 2.75) is 38.8 Å². The molecule has 0 aliphatic carbocycles. The van der Waals surface area contributed by atoms with Crippen LogP contribution >= 0.6 is 0 Å². The first-order valence-corrected chi connectivity index (χ1v) is 10.5. The molecule has 0 saturated carbocycles. The predicted molar refractivity (Wildman–Crippen MR) is 120 cm³/mol. The Morgan fingerprint density at radius 1 is 1.12 bits per heavy atom. The van der Waals surface area contributed by atoms with E-state index in [0.29, 0.717) is 24.5 Å². The third-order valence-electron chi connectivity index (χ3n) is 5.29. The van der Waals surface area contributed by atoms with Crippen molar-refractivity contribution in [2.24, 2.45) is 0 Å². The second kappa shape index (κ2) is 9.46. The monoisotopic (exact) mass is 443 g/mol. The first-order chi connectivity index (χ1) is 15.1. The van der Waals surface area contributed by atoms with Crippen molar-refractivity contribution < 1.29 is 23.5 Å². The van der Waals surface area contributed by atoms with Crippen LogP contribution in [0.5, 0.6) is 11.5 Å². The van der Waals surface area contributed by atoms with Gasteiger partial charge in [0, 0.05) is 24.2 Å². The van der Waals surface area contributed by atoms with Gasteiger partial charge in [-0.05, 0) is 68.7 Å². The molecule has 1 heterocycles. The number of halogens is 1. The van der Waals surface area contributed by atoms with Crippen molar-refractivity contribution in [1.82, 2.24) is 15.5 Å². The number of fused-ring (bicyclic) bond motifs is 1. The molecule has 1 aliphatic rings. The molecule has 2 aromatic rings. The molecule has 1 atom stereocenters. The number of carbonyl (C=O) groups excluding carboxylic acids is 2. The highest BCUT2D eigenvalue weighted by Crippen LogP contribution is 2.38. The van der Waals surface area contributed by atoms with E-state index in [0.717, 1.165) is 11.1 Å². The predicted octanol–water partition coefficient (Wildman–Crippen LogP) is 3.68. The first-order valence-electron chi connectivity index (χ1n) is 10.5. The molecule has 0 radical (unpaired) electrons. The zero-order valence-electron chi connectivity index (χ0n) is 19.1. The van der Waals surface area contributed by atoms with Crippen molar-refractivity contribution in [1.29, 1.82) is 0 Å². The van der Waals surface area contributed by atoms with Gasteiger partial charge in [0.25, 0.3) is 5.91 Å². The van der Waals surface area contributed by atoms with Gasteiger partial charge in [0.15, 0.2) is 11.5 Å². The maximum Gasteiger partial charge on any atom is 0.318 e. The number of hydrogen-bond acceptors (Lipinski definition) is 4. The molecule has 3 amide bonds. The molecule has 0 spiro atoms. The largest absolute Gasteiger partial charge is 0.493 e. The van der Waals surface area contributed by atoms with Gasteiger partial charge in [-0.3, -0.25) is 4.79 Å². The van der Waals surface area contributed by atoms with Crippen LogP contribution in [0.15, 0.2) is 36.4 Å². The molecule has 0 fully saturated rings. The molecular weight excluding hydrogens is 413 g/mol. The summed E-state index contributed by atoms with van der Waals surface area (Å²) in [4.78, 5) is 27.4. The Bertz CT molecular complexity index is 1000. The Labute approximate surface area is 187 Å². The summed E-state index contributed by atoms with van der Waals surface area (Å²) in [5.41, 5.74) is 1.70. The lowest BCUT2D eigenvalue weighted by molar-refractivity contribution is 0.0932. The minimum atomic E-state index is -0.483. The van der Waals surface area contributed by atoms with Gasteiger partial charge in [0.05, 0.1) is 20.3 Å². The maximum atomic E-state index is 13.5. The summed E-state index contributed by atoms with van der Waals surface area (Å²) in [6.07, 6.45) is 0.640. The summed E-state index contributed by atoms with van der Waals surface area (Å²) in [5, 5.41) is 5.85. The van der Waals surface area contributed by atoms with Crippen LogP contribution < -0.4 is 20.1 Å². The van der Waals surface area contributed by atoms with Crippen molar-refractivity contribution in [2.75, 3.05) is 27.3 Å². The van der Waals surface area contributed by atoms with Gasteiger partial charge < -0.3 is 25.0 Å². The van der Waals surface area contributed by atoms with E-state index in [1.807, 2.05) is 32.9 Å². The maximum absolute atomic E-state index is 13.5. The first kappa shape index (κ1) is 23.4. The smallest absolute Gasteiger partial charge is 0.318 e. The molecule has 172 valence electrons. The Morgan fingerprint density at radius 3 is 2.44 bits per heavy atom. The Balaban J connectivity index is 1.92. The third-order valence-corrected chi connectivity index (χ3v) is 5.29. The van der Waals surface area contributed by atoms with Crippen LogP contribution in [0.2, 0.25) is 0 Å². The van der Waals surface area contributed by atoms with Crippen molar-refractivity contribution >= 4 is 11.9 Å². The van der Waals surface area contributed by atoms with E-state index in [1.54, 1.807) is 25.2 Å². The average molecular weight is 444 g/mol. The van der Waals surface area contributed by atoms with Gasteiger partial charge >= 0.3 is 6.03 Å². The Kier molecular flexibility index (Phi) is 6.91. The number of nitrogens with zero attached hydrogens (tertiary/aromatic N) is 1. The van der Waals surface area contributed by atoms with Crippen LogP contribution in [0.1, 0.15) is 48.3 Å². The van der Waals surface area contributed by atoms with E-state index in [1.165, 1.54) is 18.2 Å². The topological polar surface area (TPSA) is 79.9 Å². The van der Waals surface area contributed by atoms with Crippen LogP contribution in [0.25, 0.3) is 0 Å². The summed E-state index contributed by atoms with van der Waals surface area (Å²) in [5.74, 6) is 0.268. The zero-order valence-corrected chi connectivity index (χ0v) is 19.1. The van der Waals surface area contributed by atoms with E-state index in [2.05, 4.69) is 10.6 Å². The van der Waals surface area contributed by atoms with E-state index in [9.17, 15) is 14.0 Å². The van der Waals surface area contributed by atoms with E-state index < -0.39 is 23.3 Å². The second-order valence-electron chi connectivity index (χ2n) is 8.77. The zero-order chi connectivity index (χ0) is 23.5. The summed E-state index contributed by atoms with van der Waals surface area (Å²) in [6.45, 7) is 6.38. The molecule has 0 bridgehead atoms. The fourth-order valence-corrected chi connectivity index (χ4v) is 3.81. The quantitative estimate of drug-likeness (QED) is 0.739. The minimum absolute atomic E-state index is 0.162. The number of ether oxygens (including phenoxy) is 2. The van der Waals surface area contributed by atoms with Crippen LogP contribution in [0.4, 0.5) is 9.18 Å².